The molecule has 0 aliphatic heterocycles. The summed E-state index contributed by atoms with van der Waals surface area (Å²) in [4.78, 5) is 19.8. The normalized spacial score (nSPS) is 11.1. The van der Waals surface area contributed by atoms with Gasteiger partial charge in [-0.15, -0.1) is 0 Å². The van der Waals surface area contributed by atoms with E-state index in [0.29, 0.717) is 5.69 Å². The molecule has 0 bridgehead atoms. The molecule has 3 aromatic rings. The highest BCUT2D eigenvalue weighted by molar-refractivity contribution is 5.79. The Bertz CT molecular complexity index is 980. The lowest BCUT2D eigenvalue weighted by Crippen LogP contribution is -2.24. The van der Waals surface area contributed by atoms with E-state index >= 15 is 0 Å². The van der Waals surface area contributed by atoms with Crippen LogP contribution in [0.15, 0.2) is 41.3 Å². The summed E-state index contributed by atoms with van der Waals surface area (Å²) in [6.07, 6.45) is 1.33. The van der Waals surface area contributed by atoms with Crippen LogP contribution in [-0.4, -0.2) is 19.7 Å². The molecule has 128 valence electrons. The molecule has 25 heavy (non-hydrogen) atoms. The summed E-state index contributed by atoms with van der Waals surface area (Å²) in [6.45, 7) is 3.60. The van der Waals surface area contributed by atoms with Crippen LogP contribution in [0.2, 0.25) is 0 Å². The topological polar surface area (TPSA) is 86.7 Å². The number of hydrogen-bond donors (Lipinski definition) is 1. The number of rotatable bonds is 3. The molecule has 8 heteroatoms. The number of nitrogens with two attached hydrogens (primary N) is 1. The first-order valence-corrected chi connectivity index (χ1v) is 7.55. The van der Waals surface area contributed by atoms with Gasteiger partial charge < -0.3 is 5.73 Å². The molecule has 0 amide bonds. The Morgan fingerprint density at radius 2 is 1.80 bits per heavy atom. The van der Waals surface area contributed by atoms with Crippen molar-refractivity contribution in [3.8, 4) is 22.5 Å². The molecule has 0 saturated carbocycles. The van der Waals surface area contributed by atoms with E-state index in [1.807, 2.05) is 0 Å². The van der Waals surface area contributed by atoms with Crippen molar-refractivity contribution in [2.75, 3.05) is 5.73 Å². The molecule has 1 aromatic carbocycles. The molecule has 2 aromatic heterocycles. The highest BCUT2D eigenvalue weighted by atomic mass is 19.1. The van der Waals surface area contributed by atoms with Crippen molar-refractivity contribution >= 4 is 5.95 Å². The number of nitrogen functional groups attached to an aromatic ring is 1. The molecule has 0 aliphatic rings. The third kappa shape index (κ3) is 3.10. The van der Waals surface area contributed by atoms with Gasteiger partial charge in [0.1, 0.15) is 11.6 Å². The van der Waals surface area contributed by atoms with Gasteiger partial charge in [0.05, 0.1) is 23.0 Å². The zero-order valence-corrected chi connectivity index (χ0v) is 13.6. The van der Waals surface area contributed by atoms with Gasteiger partial charge in [0.25, 0.3) is 5.56 Å². The number of hydrogen-bond acceptors (Lipinski definition) is 5. The van der Waals surface area contributed by atoms with E-state index < -0.39 is 11.6 Å². The first-order chi connectivity index (χ1) is 11.9. The van der Waals surface area contributed by atoms with E-state index in [1.165, 1.54) is 29.1 Å². The zero-order valence-electron chi connectivity index (χ0n) is 13.6. The molecular weight excluding hydrogens is 328 g/mol. The van der Waals surface area contributed by atoms with Gasteiger partial charge in [-0.25, -0.2) is 23.4 Å². The first-order valence-electron chi connectivity index (χ1n) is 7.55. The van der Waals surface area contributed by atoms with Gasteiger partial charge in [0.15, 0.2) is 0 Å². The van der Waals surface area contributed by atoms with E-state index in [4.69, 9.17) is 5.73 Å². The Hall–Kier alpha value is -3.16. The van der Waals surface area contributed by atoms with E-state index in [9.17, 15) is 13.6 Å². The van der Waals surface area contributed by atoms with Crippen molar-refractivity contribution in [2.45, 2.75) is 19.9 Å². The first kappa shape index (κ1) is 16.7. The number of halogens is 2. The highest BCUT2D eigenvalue weighted by Gasteiger charge is 2.20. The molecular formula is C17H15F2N5O. The summed E-state index contributed by atoms with van der Waals surface area (Å²) in [5, 5.41) is 4.26. The second-order valence-corrected chi connectivity index (χ2v) is 5.68. The fourth-order valence-corrected chi connectivity index (χ4v) is 2.44. The Morgan fingerprint density at radius 3 is 2.44 bits per heavy atom. The van der Waals surface area contributed by atoms with Crippen LogP contribution in [-0.2, 0) is 0 Å². The van der Waals surface area contributed by atoms with Crippen LogP contribution in [0.3, 0.4) is 0 Å². The number of anilines is 1. The predicted octanol–water partition coefficient (Wildman–Crippen LogP) is 2.81. The third-order valence-electron chi connectivity index (χ3n) is 3.60. The SMILES string of the molecule is CC(C)n1nc(-c2cnc(N)nc2-c2c(F)cccc2F)ccc1=O. The summed E-state index contributed by atoms with van der Waals surface area (Å²) in [6, 6.07) is 6.12. The molecule has 0 spiro atoms. The van der Waals surface area contributed by atoms with Crippen LogP contribution in [0.4, 0.5) is 14.7 Å². The summed E-state index contributed by atoms with van der Waals surface area (Å²) >= 11 is 0. The van der Waals surface area contributed by atoms with Crippen molar-refractivity contribution in [3.05, 3.63) is 58.5 Å². The van der Waals surface area contributed by atoms with Crippen LogP contribution in [0.1, 0.15) is 19.9 Å². The van der Waals surface area contributed by atoms with Gasteiger partial charge in [0.2, 0.25) is 5.95 Å². The van der Waals surface area contributed by atoms with Crippen LogP contribution in [0.5, 0.6) is 0 Å². The maximum absolute atomic E-state index is 14.2. The maximum atomic E-state index is 14.2. The van der Waals surface area contributed by atoms with Crippen molar-refractivity contribution in [2.24, 2.45) is 0 Å². The maximum Gasteiger partial charge on any atom is 0.267 e. The van der Waals surface area contributed by atoms with Crippen molar-refractivity contribution in [1.29, 1.82) is 0 Å². The van der Waals surface area contributed by atoms with Crippen LogP contribution in [0, 0.1) is 11.6 Å². The molecule has 2 heterocycles. The number of benzene rings is 1. The van der Waals surface area contributed by atoms with E-state index in [0.717, 1.165) is 12.1 Å². The summed E-state index contributed by atoms with van der Waals surface area (Å²) in [5.74, 6) is -1.69. The Kier molecular flexibility index (Phi) is 4.26. The zero-order chi connectivity index (χ0) is 18.1. The summed E-state index contributed by atoms with van der Waals surface area (Å²) in [5.41, 5.74) is 5.55. The van der Waals surface area contributed by atoms with E-state index in [-0.39, 0.29) is 34.4 Å². The van der Waals surface area contributed by atoms with Gasteiger partial charge in [-0.1, -0.05) is 6.07 Å². The second kappa shape index (κ2) is 6.39. The standard InChI is InChI=1S/C17H15F2N5O/c1-9(2)24-14(25)7-6-13(23-24)10-8-21-17(20)22-16(10)15-11(18)4-3-5-12(15)19/h3-9H,1-2H3,(H2,20,21,22). The minimum atomic E-state index is -0.781. The smallest absolute Gasteiger partial charge is 0.267 e. The lowest BCUT2D eigenvalue weighted by molar-refractivity contribution is 0.505. The second-order valence-electron chi connectivity index (χ2n) is 5.68. The fourth-order valence-electron chi connectivity index (χ4n) is 2.44. The highest BCUT2D eigenvalue weighted by Crippen LogP contribution is 2.32. The average Bonchev–Trinajstić information content (AvgIpc) is 2.55. The van der Waals surface area contributed by atoms with Crippen molar-refractivity contribution in [1.82, 2.24) is 19.7 Å². The van der Waals surface area contributed by atoms with Gasteiger partial charge in [-0.3, -0.25) is 4.79 Å². The largest absolute Gasteiger partial charge is 0.368 e. The lowest BCUT2D eigenvalue weighted by atomic mass is 10.0. The monoisotopic (exact) mass is 343 g/mol. The number of nitrogens with zero attached hydrogens (tertiary/aromatic N) is 4. The fraction of sp³-hybridized carbons (Fsp3) is 0.176. The molecule has 3 rings (SSSR count). The molecule has 0 aliphatic carbocycles. The van der Waals surface area contributed by atoms with Crippen molar-refractivity contribution in [3.63, 3.8) is 0 Å². The quantitative estimate of drug-likeness (QED) is 0.790. The van der Waals surface area contributed by atoms with Gasteiger partial charge in [-0.2, -0.15) is 5.10 Å². The van der Waals surface area contributed by atoms with Crippen LogP contribution >= 0.6 is 0 Å². The minimum absolute atomic E-state index is 0.0236. The van der Waals surface area contributed by atoms with Gasteiger partial charge >= 0.3 is 0 Å². The number of aromatic nitrogens is 4. The van der Waals surface area contributed by atoms with Gasteiger partial charge in [-0.05, 0) is 32.0 Å². The summed E-state index contributed by atoms with van der Waals surface area (Å²) in [7, 11) is 0. The molecule has 6 nitrogen and oxygen atoms in total. The van der Waals surface area contributed by atoms with Gasteiger partial charge in [0, 0.05) is 17.8 Å². The molecule has 2 N–H and O–H groups in total. The van der Waals surface area contributed by atoms with E-state index in [1.54, 1.807) is 13.8 Å². The summed E-state index contributed by atoms with van der Waals surface area (Å²) < 4.78 is 29.7. The predicted molar refractivity (Wildman–Crippen MR) is 89.7 cm³/mol. The molecule has 0 radical (unpaired) electrons. The lowest BCUT2D eigenvalue weighted by Gasteiger charge is -2.13. The Labute approximate surface area is 142 Å². The average molecular weight is 343 g/mol. The molecule has 0 unspecified atom stereocenters. The van der Waals surface area contributed by atoms with Crippen molar-refractivity contribution < 1.29 is 8.78 Å². The Morgan fingerprint density at radius 1 is 1.12 bits per heavy atom. The minimum Gasteiger partial charge on any atom is -0.368 e. The van der Waals surface area contributed by atoms with E-state index in [2.05, 4.69) is 15.1 Å². The third-order valence-corrected chi connectivity index (χ3v) is 3.60. The molecule has 0 fully saturated rings. The Balaban J connectivity index is 2.29. The van der Waals surface area contributed by atoms with Crippen LogP contribution < -0.4 is 11.3 Å². The molecule has 0 atom stereocenters. The van der Waals surface area contributed by atoms with Crippen LogP contribution in [0.25, 0.3) is 22.5 Å². The molecule has 0 saturated heterocycles.